The van der Waals surface area contributed by atoms with Crippen molar-refractivity contribution in [3.8, 4) is 5.75 Å². The molecule has 1 aliphatic carbocycles. The van der Waals surface area contributed by atoms with Crippen LogP contribution in [0.1, 0.15) is 177 Å². The van der Waals surface area contributed by atoms with Gasteiger partial charge in [0.05, 0.1) is 93.4 Å². The van der Waals surface area contributed by atoms with E-state index < -0.39 is 69.0 Å². The van der Waals surface area contributed by atoms with Crippen molar-refractivity contribution in [3.05, 3.63) is 78.9 Å². The smallest absolute Gasteiger partial charge is 0.407 e. The number of nitrogens with one attached hydrogen (secondary N) is 1. The molecule has 1 amide bonds. The van der Waals surface area contributed by atoms with Crippen LogP contribution in [0.25, 0.3) is 0 Å². The summed E-state index contributed by atoms with van der Waals surface area (Å²) in [6.45, 7) is 37.8. The van der Waals surface area contributed by atoms with Crippen molar-refractivity contribution in [2.24, 2.45) is 47.3 Å². The van der Waals surface area contributed by atoms with Gasteiger partial charge in [0.1, 0.15) is 54.8 Å². The van der Waals surface area contributed by atoms with E-state index in [2.05, 4.69) is 93.5 Å². The highest BCUT2D eigenvalue weighted by Gasteiger charge is 2.69. The van der Waals surface area contributed by atoms with Crippen LogP contribution in [-0.2, 0) is 82.3 Å². The Morgan fingerprint density at radius 1 is 0.737 bits per heavy atom. The molecular weight excluding hydrogens is 1280 g/mol. The SMILES string of the molecule is C=CCOC(=O)NC[C@H]1C[C@@H]([C@@H](C)CC(=O)C[C@H](C)[C@@H](/C=C/C(=O)C[C@H]2O[C@H]3[C@H](C)[C@H]4OC(=O)C[C@H]5CC[C@@H]6O[C@@H]7[C@H]8O[C@@H]9C[C@](CC[C@H]%10CC(=C)[C@H](CC[C@H]%11C[C@@H](C)C(=C)[C@@H](C[C@@H]4O[C@H]3C[C@H]2C)O%11)O%10)(O[C@H]8[C@H]6O5)O[C@H]79)OCc2ccc(OC)cc2)[C@@H](O[Si](C)(C)C(C)(C)C)C[C@H]1C. The van der Waals surface area contributed by atoms with E-state index in [0.717, 1.165) is 67.4 Å². The number of fused-ring (bicyclic) bond motifs is 7. The monoisotopic (exact) mass is 1400 g/mol. The van der Waals surface area contributed by atoms with Gasteiger partial charge in [-0.1, -0.05) is 106 Å². The summed E-state index contributed by atoms with van der Waals surface area (Å²) in [5, 5.41) is 2.98. The third-order valence-corrected chi connectivity index (χ3v) is 29.7. The van der Waals surface area contributed by atoms with Crippen LogP contribution in [0.2, 0.25) is 18.1 Å². The van der Waals surface area contributed by atoms with Crippen molar-refractivity contribution in [1.29, 1.82) is 0 Å². The third kappa shape index (κ3) is 17.0. The first-order valence-corrected chi connectivity index (χ1v) is 40.7. The van der Waals surface area contributed by atoms with Gasteiger partial charge in [-0.3, -0.25) is 14.4 Å². The van der Waals surface area contributed by atoms with Crippen molar-refractivity contribution < 1.29 is 85.2 Å². The number of ether oxygens (including phenoxy) is 13. The molecular formula is C79H117NO18Si. The van der Waals surface area contributed by atoms with E-state index in [0.29, 0.717) is 51.5 Å². The maximum absolute atomic E-state index is 14.7. The number of allylic oxidation sites excluding steroid dienone is 1. The summed E-state index contributed by atoms with van der Waals surface area (Å²) in [6, 6.07) is 7.69. The lowest BCUT2D eigenvalue weighted by Crippen LogP contribution is -2.62. The number of carbonyl (C=O) groups excluding carboxylic acids is 4. The molecule has 1 saturated carbocycles. The summed E-state index contributed by atoms with van der Waals surface area (Å²) in [5.41, 5.74) is 3.04. The number of methoxy groups -OCH3 is 1. The predicted molar refractivity (Wildman–Crippen MR) is 374 cm³/mol. The molecule has 550 valence electrons. The number of rotatable bonds is 20. The van der Waals surface area contributed by atoms with E-state index in [1.807, 2.05) is 37.3 Å². The molecule has 0 radical (unpaired) electrons. The topological polar surface area (TPSA) is 210 Å². The van der Waals surface area contributed by atoms with Crippen LogP contribution in [0.15, 0.2) is 73.4 Å². The summed E-state index contributed by atoms with van der Waals surface area (Å²) >= 11 is 0. The van der Waals surface area contributed by atoms with Crippen LogP contribution in [-0.4, -0.2) is 174 Å². The minimum atomic E-state index is -2.20. The zero-order valence-corrected chi connectivity index (χ0v) is 62.2. The minimum absolute atomic E-state index is 0.00204. The lowest BCUT2D eigenvalue weighted by atomic mass is 9.68. The van der Waals surface area contributed by atoms with Gasteiger partial charge < -0.3 is 71.3 Å². The molecule has 20 heteroatoms. The van der Waals surface area contributed by atoms with Gasteiger partial charge in [-0.05, 0) is 159 Å². The van der Waals surface area contributed by atoms with Crippen molar-refractivity contribution in [3.63, 3.8) is 0 Å². The van der Waals surface area contributed by atoms with Crippen LogP contribution in [0.4, 0.5) is 4.79 Å². The van der Waals surface area contributed by atoms with Gasteiger partial charge in [-0.15, -0.1) is 0 Å². The Bertz CT molecular complexity index is 3060. The number of hydrogen-bond acceptors (Lipinski definition) is 18. The standard InChI is InChI=1S/C79H117NO18Si/c1-16-29-86-77(84)80-41-52-36-59(65(34-44(52)3)98-99(14,15)78(10,11)12)45(4)30-54(82)31-46(5)60(87-42-51-17-20-55(85-13)21-18-51)24-19-53(81)37-63-48(7)35-66-70(93-63)50(9)71-67(91-66)39-64-49(8)43(2)32-56(89-64)22-25-61-47(6)33-58(88-61)27-28-79-40-68-73(96-79)74-75(94-68)76(97-79)72-62(92-74)26-23-57(90-72)38-69(83)95-71/h16-21,24,43-46,48,50,52,56-68,70-76H,1,6,8,22-23,25-42H2,2-5,7,9-15H3,(H,80,84)/b24-19+/t43-,44-,45+,46+,48-,50+,52-,56+,57-,58+,59+,60-,61+,62+,63-,64-,65+,66+,67+,68-,70+,71-,72+,73+,74+,75-,76+,79+/m1/s1. The molecule has 1 aromatic rings. The quantitative estimate of drug-likeness (QED) is 0.0557. The third-order valence-electron chi connectivity index (χ3n) is 25.2. The molecule has 11 aliphatic heterocycles. The van der Waals surface area contributed by atoms with Crippen LogP contribution >= 0.6 is 0 Å². The van der Waals surface area contributed by atoms with E-state index in [1.54, 1.807) is 19.3 Å². The summed E-state index contributed by atoms with van der Waals surface area (Å²) in [6.07, 6.45) is 8.38. The molecule has 1 N–H and O–H groups in total. The number of benzene rings is 1. The molecule has 13 rings (SSSR count). The molecule has 19 nitrogen and oxygen atoms in total. The summed E-state index contributed by atoms with van der Waals surface area (Å²) in [7, 11) is -0.568. The van der Waals surface area contributed by atoms with Gasteiger partial charge in [-0.2, -0.15) is 0 Å². The fraction of sp³-hybridized carbons (Fsp3) is 0.772. The second-order valence-corrected chi connectivity index (χ2v) is 38.2. The van der Waals surface area contributed by atoms with E-state index in [-0.39, 0.29) is 170 Å². The first-order chi connectivity index (χ1) is 47.1. The Hall–Kier alpha value is -4.16. The average molecular weight is 1400 g/mol. The highest BCUT2D eigenvalue weighted by molar-refractivity contribution is 6.74. The van der Waals surface area contributed by atoms with Crippen molar-refractivity contribution >= 4 is 31.9 Å². The van der Waals surface area contributed by atoms with Gasteiger partial charge in [0.2, 0.25) is 0 Å². The lowest BCUT2D eigenvalue weighted by molar-refractivity contribution is -0.293. The lowest BCUT2D eigenvalue weighted by Gasteiger charge is -2.51. The van der Waals surface area contributed by atoms with Gasteiger partial charge in [0.15, 0.2) is 19.9 Å². The van der Waals surface area contributed by atoms with Crippen molar-refractivity contribution in [2.75, 3.05) is 20.3 Å². The number of esters is 1. The number of alkyl carbamates (subject to hydrolysis) is 1. The molecule has 99 heavy (non-hydrogen) atoms. The Morgan fingerprint density at radius 2 is 1.45 bits per heavy atom. The zero-order chi connectivity index (χ0) is 70.4. The Labute approximate surface area is 590 Å². The first-order valence-electron chi connectivity index (χ1n) is 37.8. The van der Waals surface area contributed by atoms with Gasteiger partial charge in [-0.25, -0.2) is 4.79 Å². The molecule has 12 bridgehead atoms. The zero-order valence-electron chi connectivity index (χ0n) is 61.2. The number of hydrogen-bond donors (Lipinski definition) is 1. The van der Waals surface area contributed by atoms with Crippen LogP contribution in [0.3, 0.4) is 0 Å². The van der Waals surface area contributed by atoms with Crippen molar-refractivity contribution in [2.45, 2.75) is 318 Å². The maximum Gasteiger partial charge on any atom is 0.407 e. The second kappa shape index (κ2) is 31.3. The highest BCUT2D eigenvalue weighted by atomic mass is 28.4. The number of Topliss-reactive ketones (excluding diaryl/α,β-unsaturated/α-hetero) is 1. The van der Waals surface area contributed by atoms with E-state index in [4.69, 9.17) is 66.0 Å². The molecule has 1 spiro atoms. The number of ketones is 2. The summed E-state index contributed by atoms with van der Waals surface area (Å²) < 4.78 is 93.8. The first kappa shape index (κ1) is 74.6. The van der Waals surface area contributed by atoms with Gasteiger partial charge in [0.25, 0.3) is 0 Å². The number of carbonyl (C=O) groups is 4. The van der Waals surface area contributed by atoms with E-state index in [1.165, 1.54) is 0 Å². The van der Waals surface area contributed by atoms with Gasteiger partial charge >= 0.3 is 12.1 Å². The average Bonchev–Trinajstić information content (AvgIpc) is 1.56. The molecule has 28 atom stereocenters. The van der Waals surface area contributed by atoms with Gasteiger partial charge in [0, 0.05) is 57.1 Å². The molecule has 12 fully saturated rings. The number of amides is 1. The maximum atomic E-state index is 14.7. The van der Waals surface area contributed by atoms with Crippen LogP contribution in [0, 0.1) is 47.3 Å². The molecule has 11 saturated heterocycles. The van der Waals surface area contributed by atoms with E-state index in [9.17, 15) is 19.2 Å². The van der Waals surface area contributed by atoms with E-state index >= 15 is 0 Å². The highest BCUT2D eigenvalue weighted by Crippen LogP contribution is 2.55. The molecule has 11 heterocycles. The summed E-state index contributed by atoms with van der Waals surface area (Å²) in [5.74, 6) is -0.461. The normalized spacial score (nSPS) is 40.9. The van der Waals surface area contributed by atoms with Crippen LogP contribution in [0.5, 0.6) is 5.75 Å². The van der Waals surface area contributed by atoms with Crippen LogP contribution < -0.4 is 10.1 Å². The largest absolute Gasteiger partial charge is 0.497 e. The van der Waals surface area contributed by atoms with Crippen molar-refractivity contribution in [1.82, 2.24) is 5.32 Å². The summed E-state index contributed by atoms with van der Waals surface area (Å²) in [4.78, 5) is 56.3. The Balaban J connectivity index is 0.730. The fourth-order valence-electron chi connectivity index (χ4n) is 18.2. The fourth-order valence-corrected chi connectivity index (χ4v) is 19.6. The predicted octanol–water partition coefficient (Wildman–Crippen LogP) is 13.2. The Kier molecular flexibility index (Phi) is 23.5. The molecule has 0 unspecified atom stereocenters. The molecule has 12 aliphatic rings. The Morgan fingerprint density at radius 3 is 2.21 bits per heavy atom. The molecule has 0 aromatic heterocycles. The molecule has 1 aromatic carbocycles. The minimum Gasteiger partial charge on any atom is -0.497 e. The second-order valence-electron chi connectivity index (χ2n) is 33.5.